The van der Waals surface area contributed by atoms with Crippen molar-refractivity contribution < 1.29 is 19.4 Å². The highest BCUT2D eigenvalue weighted by Gasteiger charge is 2.48. The molecule has 3 aromatic heterocycles. The summed E-state index contributed by atoms with van der Waals surface area (Å²) in [6.45, 7) is 8.31. The maximum atomic E-state index is 13.5. The van der Waals surface area contributed by atoms with Gasteiger partial charge in [-0.1, -0.05) is 55.7 Å². The van der Waals surface area contributed by atoms with E-state index in [1.165, 1.54) is 22.7 Å². The third kappa shape index (κ3) is 4.92. The molecule has 1 atom stereocenters. The normalized spacial score (nSPS) is 16.9. The Kier molecular flexibility index (Phi) is 7.47. The van der Waals surface area contributed by atoms with E-state index in [-0.39, 0.29) is 22.2 Å². The standard InChI is InChI=1S/C29H31N5O4S/c1-5-6-7-8-16-38-21-13-11-20(12-14-21)24-22(26(36)28(37)34(24)29-32-31-19(4)39-29)25(35)23-18(3)33-15-9-10-17(2)27(33)30-23/h9-15,24,35H,5-8,16H2,1-4H3. The maximum Gasteiger partial charge on any atom is 0.301 e. The zero-order valence-electron chi connectivity index (χ0n) is 22.5. The Hall–Kier alpha value is -4.05. The first-order chi connectivity index (χ1) is 18.8. The first-order valence-electron chi connectivity index (χ1n) is 13.1. The second-order valence-electron chi connectivity index (χ2n) is 9.68. The van der Waals surface area contributed by atoms with Gasteiger partial charge >= 0.3 is 5.91 Å². The van der Waals surface area contributed by atoms with E-state index in [9.17, 15) is 14.7 Å². The van der Waals surface area contributed by atoms with Gasteiger partial charge in [-0.15, -0.1) is 10.2 Å². The molecule has 1 aliphatic heterocycles. The van der Waals surface area contributed by atoms with Crippen LogP contribution in [0.4, 0.5) is 5.13 Å². The lowest BCUT2D eigenvalue weighted by molar-refractivity contribution is -0.132. The van der Waals surface area contributed by atoms with Gasteiger partial charge in [0.15, 0.2) is 5.76 Å². The topological polar surface area (TPSA) is 110 Å². The molecule has 10 heteroatoms. The van der Waals surface area contributed by atoms with Crippen LogP contribution in [0.2, 0.25) is 0 Å². The van der Waals surface area contributed by atoms with Gasteiger partial charge in [0.25, 0.3) is 5.78 Å². The van der Waals surface area contributed by atoms with Gasteiger partial charge in [-0.2, -0.15) is 0 Å². The highest BCUT2D eigenvalue weighted by Crippen LogP contribution is 2.43. The average Bonchev–Trinajstić information content (AvgIpc) is 3.58. The van der Waals surface area contributed by atoms with Crippen LogP contribution in [-0.4, -0.2) is 43.0 Å². The van der Waals surface area contributed by atoms with Crippen LogP contribution in [0.15, 0.2) is 48.2 Å². The van der Waals surface area contributed by atoms with Gasteiger partial charge in [0.1, 0.15) is 22.1 Å². The molecule has 1 aromatic carbocycles. The van der Waals surface area contributed by atoms with Crippen LogP contribution in [0.25, 0.3) is 11.4 Å². The second-order valence-corrected chi connectivity index (χ2v) is 10.8. The van der Waals surface area contributed by atoms with Crippen molar-refractivity contribution in [3.8, 4) is 5.75 Å². The summed E-state index contributed by atoms with van der Waals surface area (Å²) >= 11 is 1.21. The van der Waals surface area contributed by atoms with Gasteiger partial charge < -0.3 is 14.2 Å². The van der Waals surface area contributed by atoms with Crippen molar-refractivity contribution in [1.29, 1.82) is 0 Å². The van der Waals surface area contributed by atoms with Gasteiger partial charge in [-0.25, -0.2) is 4.98 Å². The lowest BCUT2D eigenvalue weighted by Gasteiger charge is -2.22. The molecule has 1 fully saturated rings. The molecule has 1 N–H and O–H groups in total. The number of ether oxygens (including phenoxy) is 1. The van der Waals surface area contributed by atoms with Crippen molar-refractivity contribution in [1.82, 2.24) is 19.6 Å². The van der Waals surface area contributed by atoms with Crippen LogP contribution < -0.4 is 9.64 Å². The van der Waals surface area contributed by atoms with Crippen molar-refractivity contribution >= 4 is 39.6 Å². The molecule has 0 saturated carbocycles. The number of aliphatic hydroxyl groups excluding tert-OH is 1. The fourth-order valence-corrected chi connectivity index (χ4v) is 5.58. The molecule has 5 rings (SSSR count). The van der Waals surface area contributed by atoms with E-state index in [2.05, 4.69) is 22.1 Å². The number of unbranched alkanes of at least 4 members (excludes halogenated alkanes) is 3. The molecule has 0 radical (unpaired) electrons. The highest BCUT2D eigenvalue weighted by molar-refractivity contribution is 7.15. The summed E-state index contributed by atoms with van der Waals surface area (Å²) in [6.07, 6.45) is 6.28. The number of aryl methyl sites for hydroxylation is 3. The summed E-state index contributed by atoms with van der Waals surface area (Å²) in [6, 6.07) is 10.2. The van der Waals surface area contributed by atoms with E-state index in [0.717, 1.165) is 24.8 Å². The molecule has 9 nitrogen and oxygen atoms in total. The van der Waals surface area contributed by atoms with Crippen LogP contribution in [-0.2, 0) is 9.59 Å². The molecule has 1 unspecified atom stereocenters. The molecule has 4 heterocycles. The number of imidazole rings is 1. The quantitative estimate of drug-likeness (QED) is 0.124. The van der Waals surface area contributed by atoms with Crippen LogP contribution >= 0.6 is 11.3 Å². The number of benzene rings is 1. The Morgan fingerprint density at radius 1 is 1.05 bits per heavy atom. The summed E-state index contributed by atoms with van der Waals surface area (Å²) in [5.41, 5.74) is 3.11. The molecule has 0 spiro atoms. The predicted octanol–water partition coefficient (Wildman–Crippen LogP) is 5.70. The summed E-state index contributed by atoms with van der Waals surface area (Å²) in [5.74, 6) is -1.19. The van der Waals surface area contributed by atoms with Crippen molar-refractivity contribution in [2.45, 2.75) is 59.4 Å². The van der Waals surface area contributed by atoms with Gasteiger partial charge in [-0.3, -0.25) is 14.5 Å². The number of aromatic nitrogens is 4. The molecular formula is C29H31N5O4S. The van der Waals surface area contributed by atoms with Crippen LogP contribution in [0, 0.1) is 20.8 Å². The minimum absolute atomic E-state index is 0.0368. The highest BCUT2D eigenvalue weighted by atomic mass is 32.1. The maximum absolute atomic E-state index is 13.5. The Labute approximate surface area is 230 Å². The number of amides is 1. The van der Waals surface area contributed by atoms with E-state index >= 15 is 0 Å². The number of carbonyl (C=O) groups is 2. The number of anilines is 1. The number of hydrogen-bond donors (Lipinski definition) is 1. The fraction of sp³-hybridized carbons (Fsp3) is 0.345. The minimum Gasteiger partial charge on any atom is -0.505 e. The van der Waals surface area contributed by atoms with Gasteiger partial charge in [0.05, 0.1) is 23.9 Å². The summed E-state index contributed by atoms with van der Waals surface area (Å²) in [5, 5.41) is 20.7. The average molecular weight is 546 g/mol. The number of fused-ring (bicyclic) bond motifs is 1. The molecule has 1 saturated heterocycles. The summed E-state index contributed by atoms with van der Waals surface area (Å²) in [4.78, 5) is 32.8. The molecule has 1 amide bonds. The number of pyridine rings is 1. The van der Waals surface area contributed by atoms with Gasteiger partial charge in [0.2, 0.25) is 5.13 Å². The molecule has 1 aliphatic rings. The van der Waals surface area contributed by atoms with Crippen molar-refractivity contribution in [2.75, 3.05) is 11.5 Å². The molecule has 39 heavy (non-hydrogen) atoms. The second kappa shape index (κ2) is 11.0. The van der Waals surface area contributed by atoms with Gasteiger partial charge in [-0.05, 0) is 56.5 Å². The molecule has 202 valence electrons. The van der Waals surface area contributed by atoms with E-state index in [1.54, 1.807) is 6.92 Å². The predicted molar refractivity (Wildman–Crippen MR) is 150 cm³/mol. The SMILES string of the molecule is CCCCCCOc1ccc(C2C(=C(O)c3nc4c(C)cccn4c3C)C(=O)C(=O)N2c2nnc(C)s2)cc1. The van der Waals surface area contributed by atoms with Crippen molar-refractivity contribution in [3.63, 3.8) is 0 Å². The Balaban J connectivity index is 1.58. The number of aliphatic hydroxyl groups is 1. The number of carbonyl (C=O) groups excluding carboxylic acids is 2. The van der Waals surface area contributed by atoms with E-state index in [0.29, 0.717) is 34.3 Å². The first-order valence-corrected chi connectivity index (χ1v) is 13.9. The number of nitrogens with zero attached hydrogens (tertiary/aromatic N) is 5. The number of ketones is 1. The fourth-order valence-electron chi connectivity index (χ4n) is 4.87. The van der Waals surface area contributed by atoms with E-state index < -0.39 is 17.7 Å². The Bertz CT molecular complexity index is 1570. The number of rotatable bonds is 9. The lowest BCUT2D eigenvalue weighted by Crippen LogP contribution is -2.29. The molecule has 4 aromatic rings. The summed E-state index contributed by atoms with van der Waals surface area (Å²) in [7, 11) is 0. The largest absolute Gasteiger partial charge is 0.505 e. The lowest BCUT2D eigenvalue weighted by atomic mass is 9.96. The number of hydrogen-bond acceptors (Lipinski definition) is 8. The Morgan fingerprint density at radius 3 is 2.49 bits per heavy atom. The third-order valence-corrected chi connectivity index (χ3v) is 7.77. The van der Waals surface area contributed by atoms with Gasteiger partial charge in [0, 0.05) is 6.20 Å². The van der Waals surface area contributed by atoms with Crippen LogP contribution in [0.3, 0.4) is 0 Å². The first kappa shape index (κ1) is 26.6. The summed E-state index contributed by atoms with van der Waals surface area (Å²) < 4.78 is 7.75. The van der Waals surface area contributed by atoms with Crippen LogP contribution in [0.5, 0.6) is 5.75 Å². The molecular weight excluding hydrogens is 514 g/mol. The number of Topliss-reactive ketones (excluding diaryl/α,β-unsaturated/α-hetero) is 1. The monoisotopic (exact) mass is 545 g/mol. The third-order valence-electron chi connectivity index (χ3n) is 6.94. The molecule has 0 aliphatic carbocycles. The van der Waals surface area contributed by atoms with Crippen molar-refractivity contribution in [2.24, 2.45) is 0 Å². The smallest absolute Gasteiger partial charge is 0.301 e. The van der Waals surface area contributed by atoms with E-state index in [1.807, 2.05) is 60.8 Å². The zero-order chi connectivity index (χ0) is 27.7. The zero-order valence-corrected chi connectivity index (χ0v) is 23.3. The van der Waals surface area contributed by atoms with E-state index in [4.69, 9.17) is 4.74 Å². The van der Waals surface area contributed by atoms with Crippen LogP contribution in [0.1, 0.15) is 66.2 Å². The Morgan fingerprint density at radius 2 is 1.82 bits per heavy atom. The molecule has 0 bridgehead atoms. The minimum atomic E-state index is -0.902. The van der Waals surface area contributed by atoms with Crippen molar-refractivity contribution in [3.05, 3.63) is 75.7 Å².